The number of nitrogens with zero attached hydrogens (tertiary/aromatic N) is 4. The van der Waals surface area contributed by atoms with Crippen molar-refractivity contribution in [2.75, 3.05) is 26.6 Å². The number of nitrogens with two attached hydrogens (primary N) is 1. The molecule has 2 aromatic heterocycles. The number of nitrogen functional groups attached to an aromatic ring is 1. The van der Waals surface area contributed by atoms with E-state index >= 15 is 0 Å². The van der Waals surface area contributed by atoms with Crippen molar-refractivity contribution in [3.63, 3.8) is 0 Å². The quantitative estimate of drug-likeness (QED) is 0.0799. The summed E-state index contributed by atoms with van der Waals surface area (Å²) in [5.41, 5.74) is 6.18. The number of carbonyl (C=O) groups excluding carboxylic acids is 2. The third-order valence-electron chi connectivity index (χ3n) is 8.96. The summed E-state index contributed by atoms with van der Waals surface area (Å²) >= 11 is 0. The Hall–Kier alpha value is -5.96. The first-order valence-electron chi connectivity index (χ1n) is 18.1. The van der Waals surface area contributed by atoms with Crippen molar-refractivity contribution in [3.8, 4) is 23.0 Å². The SMILES string of the molecule is COc1cccc(OC(=O)OC2[C@@H](COP(=O)([O-])OP(=O)([O-])OP(=O)([O-])Cc3cccc4ccccc34)O[C@@H](n3cnc4c(N)ncnc43)[C@H]2OC(=O)Oc2cccc(OC)c2)c1. The standard InChI is InChI=1S/C37H36N5O18P3/c1-51-24-11-6-13-26(16-24)54-36(43)57-31-29(18-53-62(47,48)60-63(49,50)59-61(45,46)19-23-10-5-9-22-8-3-4-15-28(22)23)56-35(42-21-41-30-33(38)39-20-40-34(30)42)32(31)58-37(44)55-27-14-7-12-25(17-27)52-2/h3-17,20-21,29,31-32,35H,18-19H2,1-2H3,(H,45,46)(H,47,48)(H,49,50)(H2,38,39,40)/p-3/t29-,31?,32+,35-/m1/s1. The van der Waals surface area contributed by atoms with E-state index in [1.807, 2.05) is 0 Å². The van der Waals surface area contributed by atoms with Crippen LogP contribution in [0.1, 0.15) is 11.8 Å². The molecule has 4 unspecified atom stereocenters. The van der Waals surface area contributed by atoms with Gasteiger partial charge in [-0.15, -0.1) is 0 Å². The number of rotatable bonds is 16. The van der Waals surface area contributed by atoms with E-state index in [1.54, 1.807) is 42.5 Å². The third-order valence-corrected chi connectivity index (χ3v) is 13.5. The van der Waals surface area contributed by atoms with Crippen LogP contribution in [0.4, 0.5) is 15.4 Å². The molecule has 1 aliphatic heterocycles. The average molecular weight is 929 g/mol. The normalized spacial score (nSPS) is 20.2. The van der Waals surface area contributed by atoms with E-state index in [9.17, 15) is 38.0 Å². The molecule has 1 fully saturated rings. The Labute approximate surface area is 355 Å². The zero-order valence-corrected chi connectivity index (χ0v) is 35.3. The van der Waals surface area contributed by atoms with Gasteiger partial charge in [-0.2, -0.15) is 0 Å². The van der Waals surface area contributed by atoms with Gasteiger partial charge in [-0.1, -0.05) is 54.6 Å². The first kappa shape index (κ1) is 45.1. The monoisotopic (exact) mass is 928 g/mol. The van der Waals surface area contributed by atoms with Gasteiger partial charge in [0, 0.05) is 18.3 Å². The number of fused-ring (bicyclic) bond motifs is 2. The second-order valence-electron chi connectivity index (χ2n) is 13.1. The molecule has 1 aliphatic rings. The molecular weight excluding hydrogens is 895 g/mol. The first-order valence-corrected chi connectivity index (χ1v) is 22.8. The number of anilines is 1. The van der Waals surface area contributed by atoms with Crippen molar-refractivity contribution >= 4 is 63.3 Å². The number of imidazole rings is 1. The van der Waals surface area contributed by atoms with Gasteiger partial charge in [-0.25, -0.2) is 28.9 Å². The maximum absolute atomic E-state index is 13.4. The number of phosphoric ester groups is 1. The summed E-state index contributed by atoms with van der Waals surface area (Å²) in [6, 6.07) is 22.9. The zero-order valence-electron chi connectivity index (χ0n) is 32.6. The summed E-state index contributed by atoms with van der Waals surface area (Å²) in [5, 5.41) is 1.11. The number of hydrogen-bond acceptors (Lipinski definition) is 22. The lowest BCUT2D eigenvalue weighted by atomic mass is 10.1. The molecular formula is C37H33N5O18P3-3. The van der Waals surface area contributed by atoms with Crippen molar-refractivity contribution < 1.29 is 84.3 Å². The molecule has 7 rings (SSSR count). The number of hydrogen-bond donors (Lipinski definition) is 1. The second kappa shape index (κ2) is 18.8. The molecule has 26 heteroatoms. The number of phosphoric acid groups is 2. The summed E-state index contributed by atoms with van der Waals surface area (Å²) in [6.07, 6.45) is -8.71. The maximum atomic E-state index is 13.4. The summed E-state index contributed by atoms with van der Waals surface area (Å²) in [6.45, 7) is -1.24. The molecule has 0 bridgehead atoms. The largest absolute Gasteiger partial charge is 0.778 e. The van der Waals surface area contributed by atoms with Gasteiger partial charge in [0.05, 0.1) is 27.2 Å². The van der Waals surface area contributed by atoms with Crippen LogP contribution in [0.25, 0.3) is 21.9 Å². The first-order chi connectivity index (χ1) is 30.0. The molecule has 0 radical (unpaired) electrons. The predicted octanol–water partition coefficient (Wildman–Crippen LogP) is 4.38. The number of ether oxygens (including phenoxy) is 7. The molecule has 4 aromatic carbocycles. The highest BCUT2D eigenvalue weighted by atomic mass is 31.3. The van der Waals surface area contributed by atoms with Crippen molar-refractivity contribution in [2.45, 2.75) is 30.7 Å². The van der Waals surface area contributed by atoms with Crippen LogP contribution in [0.2, 0.25) is 0 Å². The molecule has 2 N–H and O–H groups in total. The Morgan fingerprint density at radius 2 is 1.35 bits per heavy atom. The van der Waals surface area contributed by atoms with Crippen LogP contribution in [0.5, 0.6) is 23.0 Å². The topological polar surface area (TPSA) is 316 Å². The minimum atomic E-state index is -6.25. The van der Waals surface area contributed by atoms with Gasteiger partial charge in [-0.3, -0.25) is 18.0 Å². The summed E-state index contributed by atoms with van der Waals surface area (Å²) in [5.74, 6) is 0.396. The zero-order chi connectivity index (χ0) is 44.9. The molecule has 7 atom stereocenters. The van der Waals surface area contributed by atoms with E-state index < -0.39 is 72.9 Å². The van der Waals surface area contributed by atoms with Crippen molar-refractivity contribution in [1.29, 1.82) is 0 Å². The van der Waals surface area contributed by atoms with Gasteiger partial charge < -0.3 is 62.7 Å². The van der Waals surface area contributed by atoms with E-state index in [-0.39, 0.29) is 34.0 Å². The summed E-state index contributed by atoms with van der Waals surface area (Å²) in [7, 11) is -15.0. The lowest BCUT2D eigenvalue weighted by Crippen LogP contribution is -2.42. The van der Waals surface area contributed by atoms with Gasteiger partial charge in [-0.05, 0) is 40.6 Å². The van der Waals surface area contributed by atoms with Gasteiger partial charge >= 0.3 is 12.3 Å². The fourth-order valence-electron chi connectivity index (χ4n) is 6.33. The Kier molecular flexibility index (Phi) is 13.4. The number of carbonyl (C=O) groups is 2. The van der Waals surface area contributed by atoms with Crippen molar-refractivity contribution in [1.82, 2.24) is 19.5 Å². The minimum absolute atomic E-state index is 0.00523. The second-order valence-corrected chi connectivity index (χ2v) is 18.0. The Morgan fingerprint density at radius 3 is 2.02 bits per heavy atom. The number of benzene rings is 4. The average Bonchev–Trinajstić information content (AvgIpc) is 3.80. The molecule has 23 nitrogen and oxygen atoms in total. The molecule has 3 heterocycles. The molecule has 63 heavy (non-hydrogen) atoms. The highest BCUT2D eigenvalue weighted by molar-refractivity contribution is 7.66. The van der Waals surface area contributed by atoms with Gasteiger partial charge in [0.2, 0.25) is 0 Å². The summed E-state index contributed by atoms with van der Waals surface area (Å²) in [4.78, 5) is 77.7. The van der Waals surface area contributed by atoms with Gasteiger partial charge in [0.25, 0.3) is 15.6 Å². The van der Waals surface area contributed by atoms with Crippen LogP contribution in [-0.2, 0) is 47.2 Å². The highest BCUT2D eigenvalue weighted by Crippen LogP contribution is 2.63. The Balaban J connectivity index is 1.15. The fourth-order valence-corrected chi connectivity index (χ4v) is 10.4. The van der Waals surface area contributed by atoms with Gasteiger partial charge in [0.1, 0.15) is 48.5 Å². The molecule has 0 spiro atoms. The van der Waals surface area contributed by atoms with E-state index in [0.29, 0.717) is 22.3 Å². The van der Waals surface area contributed by atoms with E-state index in [2.05, 4.69) is 23.6 Å². The Bertz CT molecular complexity index is 2790. The smallest absolute Gasteiger partial charge is 0.514 e. The minimum Gasteiger partial charge on any atom is -0.778 e. The lowest BCUT2D eigenvalue weighted by Gasteiger charge is -2.35. The van der Waals surface area contributed by atoms with Crippen molar-refractivity contribution in [2.24, 2.45) is 0 Å². The van der Waals surface area contributed by atoms with E-state index in [1.165, 1.54) is 67.3 Å². The maximum Gasteiger partial charge on any atom is 0.514 e. The van der Waals surface area contributed by atoms with Crippen LogP contribution < -0.4 is 39.4 Å². The van der Waals surface area contributed by atoms with Gasteiger partial charge in [0.15, 0.2) is 29.9 Å². The molecule has 6 aromatic rings. The summed E-state index contributed by atoms with van der Waals surface area (Å²) < 4.78 is 91.4. The lowest BCUT2D eigenvalue weighted by molar-refractivity contribution is -0.246. The Morgan fingerprint density at radius 1 is 0.746 bits per heavy atom. The number of methoxy groups -OCH3 is 2. The molecule has 0 saturated carbocycles. The molecule has 0 aliphatic carbocycles. The molecule has 332 valence electrons. The van der Waals surface area contributed by atoms with Crippen molar-refractivity contribution in [3.05, 3.63) is 109 Å². The highest BCUT2D eigenvalue weighted by Gasteiger charge is 2.52. The van der Waals surface area contributed by atoms with Crippen LogP contribution in [0.15, 0.2) is 104 Å². The third kappa shape index (κ3) is 11.2. The van der Waals surface area contributed by atoms with Crippen LogP contribution >= 0.6 is 23.2 Å². The fraction of sp³-hybridized carbons (Fsp3) is 0.216. The van der Waals surface area contributed by atoms with E-state index in [0.717, 1.165) is 12.7 Å². The van der Waals surface area contributed by atoms with E-state index in [4.69, 9.17) is 43.4 Å². The molecule has 0 amide bonds. The predicted molar refractivity (Wildman–Crippen MR) is 210 cm³/mol. The van der Waals surface area contributed by atoms with Crippen LogP contribution in [-0.4, -0.2) is 71.0 Å². The van der Waals surface area contributed by atoms with Crippen LogP contribution in [0, 0.1) is 0 Å². The number of aromatic nitrogens is 4. The molecule has 1 saturated heterocycles. The van der Waals surface area contributed by atoms with Crippen LogP contribution in [0.3, 0.4) is 0 Å².